The first kappa shape index (κ1) is 12.5. The summed E-state index contributed by atoms with van der Waals surface area (Å²) in [6.45, 7) is 4.20. The van der Waals surface area contributed by atoms with Gasteiger partial charge in [-0.3, -0.25) is 4.90 Å². The molecule has 1 aliphatic rings. The van der Waals surface area contributed by atoms with E-state index in [1.165, 1.54) is 19.1 Å². The largest absolute Gasteiger partial charge is 0.467 e. The second-order valence-electron chi connectivity index (χ2n) is 3.67. The normalized spacial score (nSPS) is 24.8. The van der Waals surface area contributed by atoms with Gasteiger partial charge in [-0.25, -0.2) is 9.59 Å². The summed E-state index contributed by atoms with van der Waals surface area (Å²) in [4.78, 5) is 24.6. The van der Waals surface area contributed by atoms with Crippen molar-refractivity contribution in [2.75, 3.05) is 20.8 Å². The van der Waals surface area contributed by atoms with Gasteiger partial charge in [0.25, 0.3) is 0 Å². The van der Waals surface area contributed by atoms with Crippen LogP contribution in [0.3, 0.4) is 0 Å². The van der Waals surface area contributed by atoms with Crippen LogP contribution >= 0.6 is 0 Å². The number of ether oxygens (including phenoxy) is 2. The Balaban J connectivity index is 2.91. The Hall–Kier alpha value is -1.52. The third kappa shape index (κ3) is 2.35. The van der Waals surface area contributed by atoms with E-state index in [0.29, 0.717) is 6.54 Å². The highest BCUT2D eigenvalue weighted by molar-refractivity contribution is 5.82. The fraction of sp³-hybridized carbons (Fsp3) is 0.636. The fourth-order valence-corrected chi connectivity index (χ4v) is 2.02. The minimum absolute atomic E-state index is 0.0692. The minimum atomic E-state index is -0.608. The zero-order chi connectivity index (χ0) is 12.1. The highest BCUT2D eigenvalue weighted by atomic mass is 16.5. The summed E-state index contributed by atoms with van der Waals surface area (Å²) in [5.41, 5.74) is 0. The summed E-state index contributed by atoms with van der Waals surface area (Å²) in [5, 5.41) is 0. The first-order valence-electron chi connectivity index (χ1n) is 5.20. The van der Waals surface area contributed by atoms with E-state index < -0.39 is 18.1 Å². The molecule has 0 aliphatic carbocycles. The molecule has 0 N–H and O–H groups in total. The molecule has 0 bridgehead atoms. The molecule has 1 aliphatic heterocycles. The van der Waals surface area contributed by atoms with Crippen LogP contribution in [0.15, 0.2) is 12.7 Å². The Labute approximate surface area is 95.0 Å². The second kappa shape index (κ2) is 5.53. The van der Waals surface area contributed by atoms with E-state index in [4.69, 9.17) is 4.74 Å². The molecule has 0 radical (unpaired) electrons. The second-order valence-corrected chi connectivity index (χ2v) is 3.67. The van der Waals surface area contributed by atoms with Gasteiger partial charge in [-0.2, -0.15) is 0 Å². The van der Waals surface area contributed by atoms with E-state index in [1.54, 1.807) is 6.08 Å². The van der Waals surface area contributed by atoms with Crippen LogP contribution in [0.4, 0.5) is 4.79 Å². The summed E-state index contributed by atoms with van der Waals surface area (Å²) in [5.74, 6) is -0.490. The van der Waals surface area contributed by atoms with Crippen LogP contribution in [0, 0.1) is 5.92 Å². The Kier molecular flexibility index (Phi) is 4.34. The molecule has 0 aromatic rings. The van der Waals surface area contributed by atoms with Crippen LogP contribution in [-0.4, -0.2) is 43.8 Å². The van der Waals surface area contributed by atoms with Crippen LogP contribution in [0.5, 0.6) is 0 Å². The molecule has 5 heteroatoms. The molecule has 0 saturated carbocycles. The molecule has 5 nitrogen and oxygen atoms in total. The molecule has 0 unspecified atom stereocenters. The molecule has 16 heavy (non-hydrogen) atoms. The topological polar surface area (TPSA) is 55.8 Å². The third-order valence-electron chi connectivity index (χ3n) is 2.83. The summed E-state index contributed by atoms with van der Waals surface area (Å²) < 4.78 is 9.36. The SMILES string of the molecule is C=C[C@@H]1CCCN(C(=O)OC)[C@H]1C(=O)OC. The maximum Gasteiger partial charge on any atom is 0.410 e. The molecule has 1 fully saturated rings. The number of amides is 1. The maximum atomic E-state index is 11.6. The van der Waals surface area contributed by atoms with Crippen molar-refractivity contribution in [2.45, 2.75) is 18.9 Å². The van der Waals surface area contributed by atoms with E-state index in [2.05, 4.69) is 11.3 Å². The monoisotopic (exact) mass is 227 g/mol. The van der Waals surface area contributed by atoms with Gasteiger partial charge in [0.1, 0.15) is 6.04 Å². The van der Waals surface area contributed by atoms with E-state index in [-0.39, 0.29) is 5.92 Å². The van der Waals surface area contributed by atoms with Gasteiger partial charge in [0.2, 0.25) is 0 Å². The van der Waals surface area contributed by atoms with E-state index in [1.807, 2.05) is 0 Å². The van der Waals surface area contributed by atoms with Gasteiger partial charge < -0.3 is 9.47 Å². The average Bonchev–Trinajstić information content (AvgIpc) is 2.35. The molecule has 2 atom stereocenters. The Morgan fingerprint density at radius 1 is 1.38 bits per heavy atom. The van der Waals surface area contributed by atoms with Crippen molar-refractivity contribution in [3.63, 3.8) is 0 Å². The molecule has 0 aromatic heterocycles. The van der Waals surface area contributed by atoms with Crippen LogP contribution in [-0.2, 0) is 14.3 Å². The lowest BCUT2D eigenvalue weighted by molar-refractivity contribution is -0.149. The summed E-state index contributed by atoms with van der Waals surface area (Å²) in [6.07, 6.45) is 2.86. The number of methoxy groups -OCH3 is 2. The lowest BCUT2D eigenvalue weighted by Gasteiger charge is -2.37. The average molecular weight is 227 g/mol. The highest BCUT2D eigenvalue weighted by Gasteiger charge is 2.39. The van der Waals surface area contributed by atoms with Gasteiger partial charge in [0.15, 0.2) is 0 Å². The molecule has 1 rings (SSSR count). The lowest BCUT2D eigenvalue weighted by atomic mass is 9.89. The van der Waals surface area contributed by atoms with E-state index in [9.17, 15) is 9.59 Å². The number of likely N-dealkylation sites (tertiary alicyclic amines) is 1. The summed E-state index contributed by atoms with van der Waals surface area (Å²) in [7, 11) is 2.61. The van der Waals surface area contributed by atoms with Crippen LogP contribution in [0.1, 0.15) is 12.8 Å². The molecular weight excluding hydrogens is 210 g/mol. The van der Waals surface area contributed by atoms with E-state index >= 15 is 0 Å². The quantitative estimate of drug-likeness (QED) is 0.525. The Morgan fingerprint density at radius 3 is 2.56 bits per heavy atom. The molecule has 90 valence electrons. The summed E-state index contributed by atoms with van der Waals surface area (Å²) >= 11 is 0. The molecule has 0 aromatic carbocycles. The van der Waals surface area contributed by atoms with Crippen LogP contribution in [0.25, 0.3) is 0 Å². The molecule has 1 heterocycles. The molecular formula is C11H17NO4. The number of piperidine rings is 1. The van der Waals surface area contributed by atoms with Crippen LogP contribution in [0.2, 0.25) is 0 Å². The maximum absolute atomic E-state index is 11.6. The number of rotatable bonds is 2. The number of esters is 1. The minimum Gasteiger partial charge on any atom is -0.467 e. The fourth-order valence-electron chi connectivity index (χ4n) is 2.02. The summed E-state index contributed by atoms with van der Waals surface area (Å²) in [6, 6.07) is -0.608. The standard InChI is InChI=1S/C11H17NO4/c1-4-8-6-5-7-12(11(14)16-3)9(8)10(13)15-2/h4,8-9H,1,5-7H2,2-3H3/t8-,9-/m1/s1. The van der Waals surface area contributed by atoms with Crippen molar-refractivity contribution in [3.05, 3.63) is 12.7 Å². The van der Waals surface area contributed by atoms with Gasteiger partial charge >= 0.3 is 12.1 Å². The van der Waals surface area contributed by atoms with Crippen molar-refractivity contribution >= 4 is 12.1 Å². The Morgan fingerprint density at radius 2 is 2.06 bits per heavy atom. The van der Waals surface area contributed by atoms with Crippen molar-refractivity contribution in [2.24, 2.45) is 5.92 Å². The highest BCUT2D eigenvalue weighted by Crippen LogP contribution is 2.26. The van der Waals surface area contributed by atoms with Crippen molar-refractivity contribution in [1.29, 1.82) is 0 Å². The Bertz CT molecular complexity index is 290. The van der Waals surface area contributed by atoms with Gasteiger partial charge in [-0.15, -0.1) is 6.58 Å². The number of hydrogen-bond donors (Lipinski definition) is 0. The zero-order valence-electron chi connectivity index (χ0n) is 9.64. The number of carbonyl (C=O) groups is 2. The van der Waals surface area contributed by atoms with Crippen molar-refractivity contribution in [1.82, 2.24) is 4.90 Å². The predicted molar refractivity (Wildman–Crippen MR) is 57.8 cm³/mol. The van der Waals surface area contributed by atoms with Crippen molar-refractivity contribution < 1.29 is 19.1 Å². The number of hydrogen-bond acceptors (Lipinski definition) is 4. The lowest BCUT2D eigenvalue weighted by Crippen LogP contribution is -2.52. The first-order chi connectivity index (χ1) is 7.65. The molecule has 0 spiro atoms. The van der Waals surface area contributed by atoms with E-state index in [0.717, 1.165) is 12.8 Å². The van der Waals surface area contributed by atoms with Crippen molar-refractivity contribution in [3.8, 4) is 0 Å². The van der Waals surface area contributed by atoms with Gasteiger partial charge in [-0.05, 0) is 12.8 Å². The van der Waals surface area contributed by atoms with Gasteiger partial charge in [-0.1, -0.05) is 6.08 Å². The number of nitrogens with zero attached hydrogens (tertiary/aromatic N) is 1. The predicted octanol–water partition coefficient (Wildman–Crippen LogP) is 1.19. The number of carbonyl (C=O) groups excluding carboxylic acids is 2. The third-order valence-corrected chi connectivity index (χ3v) is 2.83. The zero-order valence-corrected chi connectivity index (χ0v) is 9.64. The molecule has 1 saturated heterocycles. The smallest absolute Gasteiger partial charge is 0.410 e. The van der Waals surface area contributed by atoms with Crippen LogP contribution < -0.4 is 0 Å². The van der Waals surface area contributed by atoms with Gasteiger partial charge in [0.05, 0.1) is 14.2 Å². The van der Waals surface area contributed by atoms with Gasteiger partial charge in [0, 0.05) is 12.5 Å². The molecule has 1 amide bonds. The first-order valence-corrected chi connectivity index (χ1v) is 5.20.